The van der Waals surface area contributed by atoms with E-state index in [1.807, 2.05) is 0 Å². The average Bonchev–Trinajstić information content (AvgIpc) is 3.79. The molecule has 0 spiro atoms. The molecule has 1 aromatic heterocycles. The molecule has 12 aromatic carbocycles. The predicted molar refractivity (Wildman–Crippen MR) is 276 cm³/mol. The van der Waals surface area contributed by atoms with E-state index >= 15 is 0 Å². The second-order valence-corrected chi connectivity index (χ2v) is 17.1. The molecule has 0 saturated carbocycles. The minimum Gasteiger partial charge on any atom is -0.232 e. The largest absolute Gasteiger partial charge is 0.232 e. The molecule has 0 aliphatic heterocycles. The van der Waals surface area contributed by atoms with Crippen LogP contribution in [-0.2, 0) is 0 Å². The molecule has 0 amide bonds. The van der Waals surface area contributed by atoms with Gasteiger partial charge in [0.2, 0.25) is 0 Å². The average molecular weight is 825 g/mol. The molecule has 0 aliphatic carbocycles. The maximum atomic E-state index is 5.48. The Morgan fingerprint density at radius 3 is 1.37 bits per heavy atom. The van der Waals surface area contributed by atoms with Crippen molar-refractivity contribution in [3.8, 4) is 61.5 Å². The molecular weight excluding hydrogens is 785 g/mol. The third-order valence-electron chi connectivity index (χ3n) is 13.3. The number of rotatable bonds is 6. The summed E-state index contributed by atoms with van der Waals surface area (Å²) in [5, 5.41) is 18.8. The lowest BCUT2D eigenvalue weighted by Gasteiger charge is -2.19. The summed E-state index contributed by atoms with van der Waals surface area (Å²) in [6.45, 7) is 0. The van der Waals surface area contributed by atoms with E-state index in [0.717, 1.165) is 44.4 Å². The lowest BCUT2D eigenvalue weighted by molar-refractivity contribution is 0.918. The van der Waals surface area contributed by atoms with Gasteiger partial charge in [-0.3, -0.25) is 0 Å². The number of hydrogen-bond acceptors (Lipinski definition) is 1. The van der Waals surface area contributed by atoms with Crippen LogP contribution < -0.4 is 0 Å². The van der Waals surface area contributed by atoms with Crippen LogP contribution in [-0.4, -0.2) is 9.78 Å². The molecule has 1 heterocycles. The van der Waals surface area contributed by atoms with Crippen LogP contribution in [0.4, 0.5) is 0 Å². The highest BCUT2D eigenvalue weighted by atomic mass is 15.3. The lowest BCUT2D eigenvalue weighted by atomic mass is 9.84. The van der Waals surface area contributed by atoms with Crippen LogP contribution in [0.2, 0.25) is 0 Å². The van der Waals surface area contributed by atoms with Crippen LogP contribution >= 0.6 is 0 Å². The van der Waals surface area contributed by atoms with Gasteiger partial charge in [0.05, 0.1) is 11.2 Å². The van der Waals surface area contributed by atoms with E-state index in [1.54, 1.807) is 0 Å². The first-order valence-corrected chi connectivity index (χ1v) is 22.4. The monoisotopic (exact) mass is 824 g/mol. The van der Waals surface area contributed by atoms with E-state index < -0.39 is 0 Å². The Kier molecular flexibility index (Phi) is 8.57. The Hall–Kier alpha value is -8.59. The van der Waals surface area contributed by atoms with Gasteiger partial charge in [-0.25, -0.2) is 4.68 Å². The van der Waals surface area contributed by atoms with Crippen molar-refractivity contribution in [1.29, 1.82) is 0 Å². The summed E-state index contributed by atoms with van der Waals surface area (Å²) in [4.78, 5) is 0. The molecule has 0 unspecified atom stereocenters. The van der Waals surface area contributed by atoms with Crippen molar-refractivity contribution >= 4 is 64.8 Å². The zero-order valence-corrected chi connectivity index (χ0v) is 35.5. The molecular formula is C63H40N2. The van der Waals surface area contributed by atoms with E-state index in [9.17, 15) is 0 Å². The predicted octanol–water partition coefficient (Wildman–Crippen LogP) is 17.1. The van der Waals surface area contributed by atoms with Crippen molar-refractivity contribution in [3.05, 3.63) is 243 Å². The molecule has 0 N–H and O–H groups in total. The van der Waals surface area contributed by atoms with Crippen molar-refractivity contribution in [3.63, 3.8) is 0 Å². The third kappa shape index (κ3) is 6.14. The van der Waals surface area contributed by atoms with E-state index in [4.69, 9.17) is 5.10 Å². The zero-order chi connectivity index (χ0) is 42.8. The molecule has 2 nitrogen and oxygen atoms in total. The normalized spacial score (nSPS) is 11.7. The molecule has 0 bridgehead atoms. The van der Waals surface area contributed by atoms with Crippen LogP contribution in [0.15, 0.2) is 243 Å². The minimum atomic E-state index is 0.967. The first-order valence-electron chi connectivity index (χ1n) is 22.4. The van der Waals surface area contributed by atoms with E-state index in [0.29, 0.717) is 0 Å². The summed E-state index contributed by atoms with van der Waals surface area (Å²) >= 11 is 0. The summed E-state index contributed by atoms with van der Waals surface area (Å²) in [6.07, 6.45) is 0. The van der Waals surface area contributed by atoms with Gasteiger partial charge in [-0.1, -0.05) is 200 Å². The SMILES string of the molecule is c1ccc(-c2cc3ccc(-c4ccc5c(-c6ccc7ccccc7c6)c6ccccc6c(-c6ccc7ccccc7c6)c5c4)cc3c3c2c(-c2ccccc2)nn3-c2ccccc2)cc1. The molecule has 0 saturated heterocycles. The van der Waals surface area contributed by atoms with Crippen molar-refractivity contribution in [2.24, 2.45) is 0 Å². The molecule has 13 rings (SSSR count). The number of benzene rings is 12. The molecule has 2 heteroatoms. The first-order chi connectivity index (χ1) is 32.2. The van der Waals surface area contributed by atoms with Crippen molar-refractivity contribution in [2.45, 2.75) is 0 Å². The van der Waals surface area contributed by atoms with Gasteiger partial charge in [-0.15, -0.1) is 0 Å². The number of hydrogen-bond donors (Lipinski definition) is 0. The Labute approximate surface area is 376 Å². The van der Waals surface area contributed by atoms with Gasteiger partial charge in [0.1, 0.15) is 5.69 Å². The van der Waals surface area contributed by atoms with Crippen molar-refractivity contribution in [2.75, 3.05) is 0 Å². The second-order valence-electron chi connectivity index (χ2n) is 17.1. The summed E-state index contributed by atoms with van der Waals surface area (Å²) < 4.78 is 2.16. The van der Waals surface area contributed by atoms with E-state index in [-0.39, 0.29) is 0 Å². The number of para-hydroxylation sites is 1. The van der Waals surface area contributed by atoms with Gasteiger partial charge in [-0.05, 0) is 135 Å². The molecule has 0 fully saturated rings. The highest BCUT2D eigenvalue weighted by Gasteiger charge is 2.23. The van der Waals surface area contributed by atoms with Crippen molar-refractivity contribution in [1.82, 2.24) is 9.78 Å². The van der Waals surface area contributed by atoms with Crippen LogP contribution in [0.3, 0.4) is 0 Å². The fraction of sp³-hybridized carbons (Fsp3) is 0. The fourth-order valence-corrected chi connectivity index (χ4v) is 10.3. The highest BCUT2D eigenvalue weighted by Crippen LogP contribution is 2.47. The van der Waals surface area contributed by atoms with Gasteiger partial charge >= 0.3 is 0 Å². The lowest BCUT2D eigenvalue weighted by Crippen LogP contribution is -1.97. The first kappa shape index (κ1) is 37.0. The molecule has 302 valence electrons. The van der Waals surface area contributed by atoms with Gasteiger partial charge in [0.25, 0.3) is 0 Å². The standard InChI is InChI=1S/C63H40N2/c1-4-18-43(19-5-1)56-40-49-31-30-47(38-57(49)63-61(56)62(44-20-6-2-7-21-44)64-65(63)52-24-8-3-9-25-52)48-34-35-55-58(39-48)60(51-33-29-42-17-11-13-23-46(42)37-51)54-27-15-14-26-53(54)59(55)50-32-28-41-16-10-12-22-45(41)36-50/h1-40H. The summed E-state index contributed by atoms with van der Waals surface area (Å²) in [7, 11) is 0. The van der Waals surface area contributed by atoms with Crippen molar-refractivity contribution < 1.29 is 0 Å². The molecule has 0 radical (unpaired) electrons. The number of nitrogens with zero attached hydrogens (tertiary/aromatic N) is 2. The zero-order valence-electron chi connectivity index (χ0n) is 35.5. The fourth-order valence-electron chi connectivity index (χ4n) is 10.3. The Morgan fingerprint density at radius 2 is 0.738 bits per heavy atom. The van der Waals surface area contributed by atoms with E-state index in [1.165, 1.54) is 81.9 Å². The third-order valence-corrected chi connectivity index (χ3v) is 13.3. The maximum Gasteiger partial charge on any atom is 0.101 e. The van der Waals surface area contributed by atoms with Gasteiger partial charge in [0, 0.05) is 16.3 Å². The van der Waals surface area contributed by atoms with Crippen LogP contribution in [0.5, 0.6) is 0 Å². The van der Waals surface area contributed by atoms with Crippen LogP contribution in [0.1, 0.15) is 0 Å². The quantitative estimate of drug-likeness (QED) is 0.153. The van der Waals surface area contributed by atoms with Gasteiger partial charge in [-0.2, -0.15) is 5.10 Å². The van der Waals surface area contributed by atoms with Gasteiger partial charge < -0.3 is 0 Å². The smallest absolute Gasteiger partial charge is 0.101 e. The minimum absolute atomic E-state index is 0.967. The Morgan fingerprint density at radius 1 is 0.277 bits per heavy atom. The summed E-state index contributed by atoms with van der Waals surface area (Å²) in [5.41, 5.74) is 13.7. The summed E-state index contributed by atoms with van der Waals surface area (Å²) in [6, 6.07) is 88.6. The van der Waals surface area contributed by atoms with Gasteiger partial charge in [0.15, 0.2) is 0 Å². The van der Waals surface area contributed by atoms with Crippen LogP contribution in [0, 0.1) is 0 Å². The molecule has 13 aromatic rings. The molecule has 65 heavy (non-hydrogen) atoms. The Balaban J connectivity index is 1.11. The molecule has 0 atom stereocenters. The number of aromatic nitrogens is 2. The second kappa shape index (κ2) is 15.0. The van der Waals surface area contributed by atoms with E-state index in [2.05, 4.69) is 247 Å². The summed E-state index contributed by atoms with van der Waals surface area (Å²) in [5.74, 6) is 0. The molecule has 0 aliphatic rings. The topological polar surface area (TPSA) is 17.8 Å². The van der Waals surface area contributed by atoms with Crippen LogP contribution in [0.25, 0.3) is 126 Å². The highest BCUT2D eigenvalue weighted by molar-refractivity contribution is 6.23. The Bertz CT molecular complexity index is 3980. The number of fused-ring (bicyclic) bond motifs is 7. The maximum absolute atomic E-state index is 5.48.